The van der Waals surface area contributed by atoms with Gasteiger partial charge in [0.25, 0.3) is 0 Å². The molecule has 1 radical (unpaired) electrons. The van der Waals surface area contributed by atoms with E-state index < -0.39 is 34.1 Å². The van der Waals surface area contributed by atoms with Crippen molar-refractivity contribution in [2.24, 2.45) is 0 Å². The quantitative estimate of drug-likeness (QED) is 0.142. The molecule has 4 atom stereocenters. The minimum Gasteiger partial charge on any atom is -0.386 e. The highest BCUT2D eigenvalue weighted by Gasteiger charge is 2.29. The summed E-state index contributed by atoms with van der Waals surface area (Å²) in [4.78, 5) is 31.5. The van der Waals surface area contributed by atoms with E-state index in [9.17, 15) is 35.2 Å². The van der Waals surface area contributed by atoms with Crippen molar-refractivity contribution in [2.75, 3.05) is 0 Å². The van der Waals surface area contributed by atoms with Crippen molar-refractivity contribution in [3.63, 3.8) is 0 Å². The molecular weight excluding hydrogens is 380 g/mol. The van der Waals surface area contributed by atoms with Crippen molar-refractivity contribution in [1.29, 1.82) is 0 Å². The van der Waals surface area contributed by atoms with Gasteiger partial charge >= 0.3 is 0 Å². The lowest BCUT2D eigenvalue weighted by Gasteiger charge is -2.15. The maximum atomic E-state index is 11.2. The van der Waals surface area contributed by atoms with Crippen LogP contribution in [0.1, 0.15) is 84.0 Å². The van der Waals surface area contributed by atoms with Crippen LogP contribution in [-0.4, -0.2) is 50.6 Å². The molecule has 0 saturated carbocycles. The van der Waals surface area contributed by atoms with Crippen molar-refractivity contribution >= 4 is 6.29 Å². The number of aliphatic hydroxyl groups excluding tert-OH is 2. The van der Waals surface area contributed by atoms with Gasteiger partial charge in [0.2, 0.25) is 12.1 Å². The van der Waals surface area contributed by atoms with Crippen LogP contribution in [0.25, 0.3) is 0 Å². The number of hydrogen-bond donors (Lipinski definition) is 2. The Bertz CT molecular complexity index is 499. The summed E-state index contributed by atoms with van der Waals surface area (Å²) in [6.45, 7) is 2.01. The number of carbonyl (C=O) groups excluding carboxylic acids is 1. The summed E-state index contributed by atoms with van der Waals surface area (Å²) < 4.78 is 0. The van der Waals surface area contributed by atoms with Gasteiger partial charge in [-0.05, 0) is 25.7 Å². The zero-order valence-electron chi connectivity index (χ0n) is 17.3. The molecule has 0 amide bonds. The van der Waals surface area contributed by atoms with Gasteiger partial charge in [-0.3, -0.25) is 25.0 Å². The Kier molecular flexibility index (Phi) is 15.9. The van der Waals surface area contributed by atoms with E-state index in [1.54, 1.807) is 6.29 Å². The Morgan fingerprint density at radius 2 is 1.41 bits per heavy atom. The summed E-state index contributed by atoms with van der Waals surface area (Å²) in [5.74, 6) is 0. The van der Waals surface area contributed by atoms with Crippen molar-refractivity contribution in [2.45, 2.75) is 108 Å². The van der Waals surface area contributed by atoms with Crippen LogP contribution in [0.15, 0.2) is 12.2 Å². The summed E-state index contributed by atoms with van der Waals surface area (Å²) in [6, 6.07) is -2.21. The van der Waals surface area contributed by atoms with E-state index in [-0.39, 0.29) is 19.3 Å². The Balaban J connectivity index is 4.42. The molecule has 9 heteroatoms. The van der Waals surface area contributed by atoms with E-state index in [0.717, 1.165) is 32.1 Å². The van der Waals surface area contributed by atoms with Gasteiger partial charge < -0.3 is 10.2 Å². The lowest BCUT2D eigenvalue weighted by Crippen LogP contribution is -2.34. The van der Waals surface area contributed by atoms with E-state index in [1.807, 2.05) is 6.92 Å². The number of hydrogen-bond acceptors (Lipinski definition) is 7. The SMILES string of the molecule is CCCCCC(O)C(C/C=C\CC(O)C(CCCCCC[C]=O)[N+](=O)[O-])[N+](=O)[O-]. The predicted octanol–water partition coefficient (Wildman–Crippen LogP) is 3.37. The first-order valence-electron chi connectivity index (χ1n) is 10.5. The van der Waals surface area contributed by atoms with Crippen molar-refractivity contribution in [3.05, 3.63) is 32.4 Å². The maximum absolute atomic E-state index is 11.2. The Morgan fingerprint density at radius 1 is 0.828 bits per heavy atom. The zero-order valence-corrected chi connectivity index (χ0v) is 17.3. The zero-order chi connectivity index (χ0) is 22.1. The molecule has 0 aliphatic heterocycles. The normalized spacial score (nSPS) is 15.7. The molecule has 4 unspecified atom stereocenters. The first-order valence-corrected chi connectivity index (χ1v) is 10.5. The van der Waals surface area contributed by atoms with Crippen LogP contribution in [0.5, 0.6) is 0 Å². The Hall–Kier alpha value is -1.87. The molecule has 0 aliphatic carbocycles. The van der Waals surface area contributed by atoms with Crippen molar-refractivity contribution in [3.8, 4) is 0 Å². The van der Waals surface area contributed by atoms with Crippen LogP contribution < -0.4 is 0 Å². The fourth-order valence-electron chi connectivity index (χ4n) is 3.15. The fraction of sp³-hybridized carbons (Fsp3) is 0.850. The third-order valence-electron chi connectivity index (χ3n) is 4.98. The van der Waals surface area contributed by atoms with E-state index in [0.29, 0.717) is 25.7 Å². The van der Waals surface area contributed by atoms with Gasteiger partial charge in [-0.25, -0.2) is 0 Å². The van der Waals surface area contributed by atoms with Crippen LogP contribution in [0.2, 0.25) is 0 Å². The van der Waals surface area contributed by atoms with Crippen LogP contribution in [0.4, 0.5) is 0 Å². The van der Waals surface area contributed by atoms with Crippen LogP contribution in [0, 0.1) is 20.2 Å². The van der Waals surface area contributed by atoms with Crippen molar-refractivity contribution in [1.82, 2.24) is 0 Å². The average molecular weight is 416 g/mol. The monoisotopic (exact) mass is 415 g/mol. The van der Waals surface area contributed by atoms with Crippen LogP contribution >= 0.6 is 0 Å². The highest BCUT2D eigenvalue weighted by atomic mass is 16.6. The van der Waals surface area contributed by atoms with Gasteiger partial charge in [0.1, 0.15) is 12.2 Å². The van der Waals surface area contributed by atoms with E-state index in [4.69, 9.17) is 0 Å². The van der Waals surface area contributed by atoms with Crippen LogP contribution in [0.3, 0.4) is 0 Å². The molecule has 0 bridgehead atoms. The number of nitrogens with zero attached hydrogens (tertiary/aromatic N) is 2. The molecule has 0 aromatic heterocycles. The molecule has 0 rings (SSSR count). The van der Waals surface area contributed by atoms with Crippen LogP contribution in [-0.2, 0) is 4.79 Å². The summed E-state index contributed by atoms with van der Waals surface area (Å²) in [5.41, 5.74) is 0. The van der Waals surface area contributed by atoms with E-state index >= 15 is 0 Å². The lowest BCUT2D eigenvalue weighted by atomic mass is 9.99. The standard InChI is InChI=1S/C20H35N2O7/c1-2-3-7-14-19(24)18(22(28)29)13-9-10-15-20(25)17(21(26)27)12-8-5-4-6-11-16-23/h9-10,17-20,24-25H,2-8,11-15H2,1H3/b10-9-. The van der Waals surface area contributed by atoms with Gasteiger partial charge in [-0.1, -0.05) is 51.2 Å². The number of nitro groups is 2. The topological polar surface area (TPSA) is 144 Å². The number of unbranched alkanes of at least 4 members (excludes halogenated alkanes) is 6. The van der Waals surface area contributed by atoms with E-state index in [2.05, 4.69) is 0 Å². The molecule has 0 aromatic rings. The molecule has 2 N–H and O–H groups in total. The first kappa shape index (κ1) is 27.1. The number of rotatable bonds is 19. The summed E-state index contributed by atoms with van der Waals surface area (Å²) in [6.07, 6.45) is 9.04. The second kappa shape index (κ2) is 17.0. The van der Waals surface area contributed by atoms with Gasteiger partial charge in [0.05, 0.1) is 0 Å². The average Bonchev–Trinajstić information content (AvgIpc) is 2.66. The minimum absolute atomic E-state index is 0.0178. The van der Waals surface area contributed by atoms with Gasteiger partial charge in [0.15, 0.2) is 6.29 Å². The largest absolute Gasteiger partial charge is 0.386 e. The van der Waals surface area contributed by atoms with Gasteiger partial charge in [-0.15, -0.1) is 0 Å². The number of aliphatic hydroxyl groups is 2. The minimum atomic E-state index is -1.17. The van der Waals surface area contributed by atoms with Gasteiger partial charge in [0, 0.05) is 29.1 Å². The molecule has 167 valence electrons. The van der Waals surface area contributed by atoms with E-state index in [1.165, 1.54) is 12.2 Å². The Labute approximate surface area is 172 Å². The fourth-order valence-corrected chi connectivity index (χ4v) is 3.15. The molecule has 0 aliphatic rings. The second-order valence-corrected chi connectivity index (χ2v) is 7.38. The molecule has 9 nitrogen and oxygen atoms in total. The maximum Gasteiger partial charge on any atom is 0.241 e. The third kappa shape index (κ3) is 13.1. The third-order valence-corrected chi connectivity index (χ3v) is 4.98. The first-order chi connectivity index (χ1) is 13.8. The smallest absolute Gasteiger partial charge is 0.241 e. The van der Waals surface area contributed by atoms with Crippen molar-refractivity contribution < 1.29 is 24.9 Å². The summed E-state index contributed by atoms with van der Waals surface area (Å²) in [5, 5.41) is 42.5. The molecule has 0 saturated heterocycles. The predicted molar refractivity (Wildman–Crippen MR) is 109 cm³/mol. The summed E-state index contributed by atoms with van der Waals surface area (Å²) >= 11 is 0. The second-order valence-electron chi connectivity index (χ2n) is 7.38. The lowest BCUT2D eigenvalue weighted by molar-refractivity contribution is -0.535. The van der Waals surface area contributed by atoms with Gasteiger partial charge in [-0.2, -0.15) is 0 Å². The molecule has 0 spiro atoms. The Morgan fingerprint density at radius 3 is 2.00 bits per heavy atom. The molecule has 0 aromatic carbocycles. The highest BCUT2D eigenvalue weighted by Crippen LogP contribution is 2.16. The summed E-state index contributed by atoms with van der Waals surface area (Å²) in [7, 11) is 0. The molecule has 0 heterocycles. The highest BCUT2D eigenvalue weighted by molar-refractivity contribution is 5.50. The molecule has 29 heavy (non-hydrogen) atoms. The molecular formula is C20H35N2O7. The molecule has 0 fully saturated rings.